The summed E-state index contributed by atoms with van der Waals surface area (Å²) in [5, 5.41) is 0. The van der Waals surface area contributed by atoms with Crippen LogP contribution in [0.25, 0.3) is 0 Å². The Morgan fingerprint density at radius 2 is 1.65 bits per heavy atom. The normalized spacial score (nSPS) is 26.5. The Bertz CT molecular complexity index is 609. The molecule has 1 unspecified atom stereocenters. The molecule has 0 aliphatic heterocycles. The summed E-state index contributed by atoms with van der Waals surface area (Å²) in [6.07, 6.45) is 9.91. The third kappa shape index (κ3) is 4.83. The highest BCUT2D eigenvalue weighted by Crippen LogP contribution is 2.40. The van der Waals surface area contributed by atoms with Gasteiger partial charge >= 0.3 is 0 Å². The smallest absolute Gasteiger partial charge is 0.190 e. The third-order valence-electron chi connectivity index (χ3n) is 6.01. The number of rotatable bonds is 6. The molecule has 2 aliphatic rings. The van der Waals surface area contributed by atoms with Crippen molar-refractivity contribution in [3.05, 3.63) is 41.2 Å². The molecule has 1 fully saturated rings. The number of hydrogen-bond acceptors (Lipinski definition) is 1. The van der Waals surface area contributed by atoms with Crippen molar-refractivity contribution < 1.29 is 17.9 Å². The fourth-order valence-corrected chi connectivity index (χ4v) is 4.46. The van der Waals surface area contributed by atoms with E-state index in [0.29, 0.717) is 42.8 Å². The summed E-state index contributed by atoms with van der Waals surface area (Å²) in [5.41, 5.74) is 0.674. The second-order valence-corrected chi connectivity index (χ2v) is 7.92. The van der Waals surface area contributed by atoms with E-state index < -0.39 is 11.6 Å². The molecule has 26 heavy (non-hydrogen) atoms. The number of hydrogen-bond donors (Lipinski definition) is 0. The Balaban J connectivity index is 1.48. The molecule has 1 aromatic rings. The number of ether oxygens (including phenoxy) is 1. The largest absolute Gasteiger partial charge is 0.487 e. The van der Waals surface area contributed by atoms with Crippen molar-refractivity contribution in [3.63, 3.8) is 0 Å². The van der Waals surface area contributed by atoms with Gasteiger partial charge in [-0.25, -0.2) is 13.2 Å². The zero-order valence-electron chi connectivity index (χ0n) is 15.6. The van der Waals surface area contributed by atoms with Crippen LogP contribution in [0.2, 0.25) is 0 Å². The molecule has 1 nitrogen and oxygen atoms in total. The van der Waals surface area contributed by atoms with E-state index in [2.05, 4.69) is 0 Å². The first kappa shape index (κ1) is 19.3. The quantitative estimate of drug-likeness (QED) is 0.541. The van der Waals surface area contributed by atoms with Gasteiger partial charge in [-0.05, 0) is 86.8 Å². The number of halogens is 3. The van der Waals surface area contributed by atoms with Gasteiger partial charge in [-0.3, -0.25) is 0 Å². The molecule has 4 heteroatoms. The second kappa shape index (κ2) is 8.96. The van der Waals surface area contributed by atoms with Crippen molar-refractivity contribution in [2.24, 2.45) is 17.8 Å². The minimum atomic E-state index is -0.599. The van der Waals surface area contributed by atoms with E-state index >= 15 is 0 Å². The molecular weight excluding hydrogens is 337 g/mol. The molecule has 0 amide bonds. The molecule has 0 heterocycles. The van der Waals surface area contributed by atoms with Crippen LogP contribution < -0.4 is 4.74 Å². The average molecular weight is 366 g/mol. The number of allylic oxidation sites excluding steroid dienone is 2. The molecule has 0 saturated heterocycles. The van der Waals surface area contributed by atoms with Crippen molar-refractivity contribution in [2.45, 2.75) is 64.7 Å². The van der Waals surface area contributed by atoms with Crippen LogP contribution in [0, 0.1) is 29.4 Å². The van der Waals surface area contributed by atoms with Crippen LogP contribution in [0.4, 0.5) is 13.2 Å². The van der Waals surface area contributed by atoms with E-state index in [4.69, 9.17) is 4.74 Å². The lowest BCUT2D eigenvalue weighted by Gasteiger charge is -2.34. The first-order valence-corrected chi connectivity index (χ1v) is 10.0. The van der Waals surface area contributed by atoms with Gasteiger partial charge in [0.1, 0.15) is 0 Å². The van der Waals surface area contributed by atoms with Crippen LogP contribution in [0.3, 0.4) is 0 Å². The van der Waals surface area contributed by atoms with Crippen molar-refractivity contribution >= 4 is 0 Å². The standard InChI is InChI=1S/C22H29F3O/c1-2-3-16-12-20(24)22(21(25)13-16)26-14-15-4-6-17(7-5-15)18-8-10-19(23)11-9-18/h10,12-13,15,17-18H,2-9,11,14H2,1H3/t15-,17-,18?. The summed E-state index contributed by atoms with van der Waals surface area (Å²) in [5.74, 6) is 0.194. The zero-order valence-corrected chi connectivity index (χ0v) is 15.6. The maximum atomic E-state index is 14.1. The Kier molecular flexibility index (Phi) is 6.66. The van der Waals surface area contributed by atoms with Gasteiger partial charge in [-0.15, -0.1) is 0 Å². The molecule has 0 bridgehead atoms. The van der Waals surface area contributed by atoms with Crippen LogP contribution in [0.15, 0.2) is 24.0 Å². The van der Waals surface area contributed by atoms with Crippen molar-refractivity contribution in [1.29, 1.82) is 0 Å². The SMILES string of the molecule is CCCc1cc(F)c(OC[C@H]2CC[C@H](C3CC=C(F)CC3)CC2)c(F)c1. The third-order valence-corrected chi connectivity index (χ3v) is 6.01. The molecule has 1 aromatic carbocycles. The lowest BCUT2D eigenvalue weighted by atomic mass is 9.72. The monoisotopic (exact) mass is 366 g/mol. The maximum Gasteiger partial charge on any atom is 0.190 e. The second-order valence-electron chi connectivity index (χ2n) is 7.92. The van der Waals surface area contributed by atoms with Crippen molar-refractivity contribution in [3.8, 4) is 5.75 Å². The van der Waals surface area contributed by atoms with E-state index in [9.17, 15) is 13.2 Å². The maximum absolute atomic E-state index is 14.1. The van der Waals surface area contributed by atoms with E-state index in [0.717, 1.165) is 44.9 Å². The average Bonchev–Trinajstić information content (AvgIpc) is 2.62. The van der Waals surface area contributed by atoms with Gasteiger partial charge in [-0.1, -0.05) is 19.4 Å². The summed E-state index contributed by atoms with van der Waals surface area (Å²) < 4.78 is 46.9. The highest BCUT2D eigenvalue weighted by atomic mass is 19.1. The summed E-state index contributed by atoms with van der Waals surface area (Å²) in [4.78, 5) is 0. The Morgan fingerprint density at radius 3 is 2.23 bits per heavy atom. The Hall–Kier alpha value is -1.45. The van der Waals surface area contributed by atoms with Gasteiger partial charge in [0.05, 0.1) is 12.4 Å². The molecular formula is C22H29F3O. The summed E-state index contributed by atoms with van der Waals surface area (Å²) in [6.45, 7) is 2.35. The molecule has 3 rings (SSSR count). The first-order chi connectivity index (χ1) is 12.6. The van der Waals surface area contributed by atoms with Gasteiger partial charge < -0.3 is 4.74 Å². The van der Waals surface area contributed by atoms with Gasteiger partial charge in [0.2, 0.25) is 0 Å². The lowest BCUT2D eigenvalue weighted by Crippen LogP contribution is -2.25. The predicted octanol–water partition coefficient (Wildman–Crippen LogP) is 6.76. The minimum absolute atomic E-state index is 0.0392. The topological polar surface area (TPSA) is 9.23 Å². The van der Waals surface area contributed by atoms with E-state index in [1.165, 1.54) is 12.1 Å². The van der Waals surface area contributed by atoms with E-state index in [1.54, 1.807) is 6.08 Å². The van der Waals surface area contributed by atoms with Gasteiger partial charge in [-0.2, -0.15) is 0 Å². The van der Waals surface area contributed by atoms with Crippen molar-refractivity contribution in [1.82, 2.24) is 0 Å². The van der Waals surface area contributed by atoms with Gasteiger partial charge in [0.15, 0.2) is 17.4 Å². The summed E-state index contributed by atoms with van der Waals surface area (Å²) in [6, 6.07) is 2.77. The fraction of sp³-hybridized carbons (Fsp3) is 0.636. The first-order valence-electron chi connectivity index (χ1n) is 10.0. The number of aryl methyl sites for hydroxylation is 1. The van der Waals surface area contributed by atoms with Crippen LogP contribution in [-0.2, 0) is 6.42 Å². The van der Waals surface area contributed by atoms with Crippen LogP contribution >= 0.6 is 0 Å². The molecule has 1 atom stereocenters. The zero-order chi connectivity index (χ0) is 18.5. The van der Waals surface area contributed by atoms with Gasteiger partial charge in [0.25, 0.3) is 0 Å². The summed E-state index contributed by atoms with van der Waals surface area (Å²) >= 11 is 0. The molecule has 0 N–H and O–H groups in total. The van der Waals surface area contributed by atoms with Crippen LogP contribution in [0.5, 0.6) is 5.75 Å². The van der Waals surface area contributed by atoms with Crippen LogP contribution in [-0.4, -0.2) is 6.61 Å². The van der Waals surface area contributed by atoms with Crippen molar-refractivity contribution in [2.75, 3.05) is 6.61 Å². The Labute approximate surface area is 154 Å². The number of benzene rings is 1. The van der Waals surface area contributed by atoms with Crippen LogP contribution in [0.1, 0.15) is 63.9 Å². The van der Waals surface area contributed by atoms with E-state index in [-0.39, 0.29) is 11.6 Å². The molecule has 0 aromatic heterocycles. The minimum Gasteiger partial charge on any atom is -0.487 e. The highest BCUT2D eigenvalue weighted by molar-refractivity contribution is 5.31. The fourth-order valence-electron chi connectivity index (χ4n) is 4.46. The molecule has 1 saturated carbocycles. The Morgan fingerprint density at radius 1 is 0.962 bits per heavy atom. The highest BCUT2D eigenvalue weighted by Gasteiger charge is 2.29. The van der Waals surface area contributed by atoms with E-state index in [1.807, 2.05) is 6.92 Å². The molecule has 144 valence electrons. The predicted molar refractivity (Wildman–Crippen MR) is 97.8 cm³/mol. The molecule has 0 spiro atoms. The molecule has 0 radical (unpaired) electrons. The summed E-state index contributed by atoms with van der Waals surface area (Å²) in [7, 11) is 0. The van der Waals surface area contributed by atoms with Gasteiger partial charge in [0, 0.05) is 0 Å². The lowest BCUT2D eigenvalue weighted by molar-refractivity contribution is 0.142. The molecule has 2 aliphatic carbocycles.